The standard InChI is InChI=1S/C29H38N2O6/c1-3-5-15-30-27(36)23-11-7-21(8-12-23)17-25(34)29(19-32,20-33)26(35)18-22-9-13-24(14-10-22)28(37)31-16-6-4-2/h7-14,17-18,32-35H,3-6,15-16,19-20H2,1-2H3,(H,30,36)(H,31,37). The molecule has 6 N–H and O–H groups in total. The summed E-state index contributed by atoms with van der Waals surface area (Å²) < 4.78 is 0. The average Bonchev–Trinajstić information content (AvgIpc) is 2.90. The predicted octanol–water partition coefficient (Wildman–Crippen LogP) is 4.22. The molecule has 0 bridgehead atoms. The topological polar surface area (TPSA) is 139 Å². The lowest BCUT2D eigenvalue weighted by atomic mass is 9.83. The van der Waals surface area contributed by atoms with Crippen molar-refractivity contribution >= 4 is 24.0 Å². The summed E-state index contributed by atoms with van der Waals surface area (Å²) in [6.45, 7) is 3.74. The van der Waals surface area contributed by atoms with Crippen LogP contribution in [-0.4, -0.2) is 58.5 Å². The number of benzene rings is 2. The summed E-state index contributed by atoms with van der Waals surface area (Å²) in [5, 5.41) is 47.4. The van der Waals surface area contributed by atoms with Gasteiger partial charge < -0.3 is 31.1 Å². The van der Waals surface area contributed by atoms with Gasteiger partial charge in [-0.3, -0.25) is 9.59 Å². The highest BCUT2D eigenvalue weighted by atomic mass is 16.3. The van der Waals surface area contributed by atoms with Gasteiger partial charge in [-0.1, -0.05) is 51.0 Å². The SMILES string of the molecule is CCCCNC(=O)c1ccc(C=C(O)C(CO)(CO)C(O)=Cc2ccc(C(=O)NCCCC)cc2)cc1. The molecule has 0 radical (unpaired) electrons. The first kappa shape index (κ1) is 29.6. The number of hydrogen-bond donors (Lipinski definition) is 6. The molecular formula is C29H38N2O6. The molecule has 2 aromatic carbocycles. The molecule has 0 atom stereocenters. The van der Waals surface area contributed by atoms with E-state index in [9.17, 15) is 30.0 Å². The summed E-state index contributed by atoms with van der Waals surface area (Å²) >= 11 is 0. The van der Waals surface area contributed by atoms with Crippen molar-refractivity contribution in [1.82, 2.24) is 10.6 Å². The monoisotopic (exact) mass is 510 g/mol. The third-order valence-electron chi connectivity index (χ3n) is 6.10. The van der Waals surface area contributed by atoms with Gasteiger partial charge in [-0.05, 0) is 60.4 Å². The van der Waals surface area contributed by atoms with E-state index in [4.69, 9.17) is 0 Å². The molecule has 0 saturated carbocycles. The minimum absolute atomic E-state index is 0.196. The summed E-state index contributed by atoms with van der Waals surface area (Å²) in [7, 11) is 0. The lowest BCUT2D eigenvalue weighted by molar-refractivity contribution is 0.0487. The first-order valence-electron chi connectivity index (χ1n) is 12.6. The summed E-state index contributed by atoms with van der Waals surface area (Å²) in [6, 6.07) is 12.9. The Kier molecular flexibility index (Phi) is 11.9. The van der Waals surface area contributed by atoms with Crippen LogP contribution in [0, 0.1) is 5.41 Å². The Bertz CT molecular complexity index is 987. The zero-order chi connectivity index (χ0) is 27.3. The first-order chi connectivity index (χ1) is 17.8. The molecule has 0 fully saturated rings. The lowest BCUT2D eigenvalue weighted by Crippen LogP contribution is -2.34. The van der Waals surface area contributed by atoms with Gasteiger partial charge in [0.1, 0.15) is 16.9 Å². The Morgan fingerprint density at radius 3 is 1.35 bits per heavy atom. The molecule has 37 heavy (non-hydrogen) atoms. The second-order valence-electron chi connectivity index (χ2n) is 8.92. The van der Waals surface area contributed by atoms with E-state index in [1.54, 1.807) is 48.5 Å². The van der Waals surface area contributed by atoms with Crippen LogP contribution in [0.1, 0.15) is 71.4 Å². The smallest absolute Gasteiger partial charge is 0.251 e. The Morgan fingerprint density at radius 1 is 0.703 bits per heavy atom. The van der Waals surface area contributed by atoms with Crippen LogP contribution in [0.3, 0.4) is 0 Å². The number of aliphatic hydroxyl groups excluding tert-OH is 4. The fourth-order valence-electron chi connectivity index (χ4n) is 3.52. The van der Waals surface area contributed by atoms with E-state index in [2.05, 4.69) is 10.6 Å². The van der Waals surface area contributed by atoms with Gasteiger partial charge in [-0.25, -0.2) is 0 Å². The van der Waals surface area contributed by atoms with Gasteiger partial charge in [0.05, 0.1) is 13.2 Å². The molecule has 200 valence electrons. The van der Waals surface area contributed by atoms with Gasteiger partial charge in [-0.2, -0.15) is 0 Å². The number of amides is 2. The number of carbonyl (C=O) groups is 2. The van der Waals surface area contributed by atoms with E-state index in [1.807, 2.05) is 13.8 Å². The van der Waals surface area contributed by atoms with Crippen molar-refractivity contribution in [2.45, 2.75) is 39.5 Å². The number of carbonyl (C=O) groups excluding carboxylic acids is 2. The minimum Gasteiger partial charge on any atom is -0.511 e. The molecule has 0 heterocycles. The Morgan fingerprint density at radius 2 is 1.05 bits per heavy atom. The van der Waals surface area contributed by atoms with Crippen molar-refractivity contribution in [1.29, 1.82) is 0 Å². The van der Waals surface area contributed by atoms with Gasteiger partial charge in [0, 0.05) is 24.2 Å². The number of hydrogen-bond acceptors (Lipinski definition) is 6. The highest BCUT2D eigenvalue weighted by Crippen LogP contribution is 2.34. The van der Waals surface area contributed by atoms with Crippen LogP contribution in [-0.2, 0) is 0 Å². The molecular weight excluding hydrogens is 472 g/mol. The molecule has 0 aliphatic carbocycles. The number of aliphatic hydroxyl groups is 4. The number of nitrogens with one attached hydrogen (secondary N) is 2. The van der Waals surface area contributed by atoms with Crippen molar-refractivity contribution in [2.75, 3.05) is 26.3 Å². The molecule has 2 aromatic rings. The van der Waals surface area contributed by atoms with Crippen molar-refractivity contribution in [3.63, 3.8) is 0 Å². The van der Waals surface area contributed by atoms with Crippen molar-refractivity contribution < 1.29 is 30.0 Å². The molecule has 2 rings (SSSR count). The molecule has 0 aliphatic heterocycles. The van der Waals surface area contributed by atoms with Crippen LogP contribution in [0.15, 0.2) is 60.0 Å². The van der Waals surface area contributed by atoms with Crippen molar-refractivity contribution in [3.8, 4) is 0 Å². The van der Waals surface area contributed by atoms with Crippen LogP contribution < -0.4 is 10.6 Å². The molecule has 0 aliphatic rings. The van der Waals surface area contributed by atoms with Gasteiger partial charge in [0.25, 0.3) is 11.8 Å². The summed E-state index contributed by atoms with van der Waals surface area (Å²) in [6.07, 6.45) is 6.37. The van der Waals surface area contributed by atoms with E-state index in [1.165, 1.54) is 12.2 Å². The summed E-state index contributed by atoms with van der Waals surface area (Å²) in [5.74, 6) is -1.28. The second-order valence-corrected chi connectivity index (χ2v) is 8.92. The second kappa shape index (κ2) is 14.8. The zero-order valence-corrected chi connectivity index (χ0v) is 21.5. The van der Waals surface area contributed by atoms with E-state index in [-0.39, 0.29) is 11.8 Å². The van der Waals surface area contributed by atoms with Crippen molar-refractivity contribution in [3.05, 3.63) is 82.3 Å². The van der Waals surface area contributed by atoms with E-state index >= 15 is 0 Å². The molecule has 0 saturated heterocycles. The fraction of sp³-hybridized carbons (Fsp3) is 0.379. The largest absolute Gasteiger partial charge is 0.511 e. The predicted molar refractivity (Wildman–Crippen MR) is 145 cm³/mol. The Balaban J connectivity index is 2.21. The molecule has 2 amide bonds. The molecule has 0 unspecified atom stereocenters. The van der Waals surface area contributed by atoms with Gasteiger partial charge in [0.15, 0.2) is 0 Å². The summed E-state index contributed by atoms with van der Waals surface area (Å²) in [4.78, 5) is 24.4. The maximum Gasteiger partial charge on any atom is 0.251 e. The Labute approximate surface area is 218 Å². The van der Waals surface area contributed by atoms with Gasteiger partial charge >= 0.3 is 0 Å². The molecule has 8 heteroatoms. The van der Waals surface area contributed by atoms with Crippen LogP contribution in [0.4, 0.5) is 0 Å². The normalized spacial score (nSPS) is 12.3. The maximum absolute atomic E-state index is 12.2. The van der Waals surface area contributed by atoms with Gasteiger partial charge in [0.2, 0.25) is 0 Å². The summed E-state index contributed by atoms with van der Waals surface area (Å²) in [5.41, 5.74) is 0.120. The maximum atomic E-state index is 12.2. The fourth-order valence-corrected chi connectivity index (χ4v) is 3.52. The third kappa shape index (κ3) is 8.20. The zero-order valence-electron chi connectivity index (χ0n) is 21.5. The van der Waals surface area contributed by atoms with E-state index in [0.29, 0.717) is 35.3 Å². The van der Waals surface area contributed by atoms with Crippen molar-refractivity contribution in [2.24, 2.45) is 5.41 Å². The van der Waals surface area contributed by atoms with Crippen LogP contribution >= 0.6 is 0 Å². The average molecular weight is 511 g/mol. The van der Waals surface area contributed by atoms with E-state index < -0.39 is 30.1 Å². The number of rotatable bonds is 14. The van der Waals surface area contributed by atoms with Crippen LogP contribution in [0.5, 0.6) is 0 Å². The minimum atomic E-state index is -1.84. The van der Waals surface area contributed by atoms with Gasteiger partial charge in [-0.15, -0.1) is 0 Å². The van der Waals surface area contributed by atoms with Crippen LogP contribution in [0.25, 0.3) is 12.2 Å². The lowest BCUT2D eigenvalue weighted by Gasteiger charge is -2.28. The first-order valence-corrected chi connectivity index (χ1v) is 12.6. The highest BCUT2D eigenvalue weighted by molar-refractivity contribution is 5.94. The quantitative estimate of drug-likeness (QED) is 0.166. The molecule has 0 aromatic heterocycles. The molecule has 0 spiro atoms. The molecule has 8 nitrogen and oxygen atoms in total. The highest BCUT2D eigenvalue weighted by Gasteiger charge is 2.38. The van der Waals surface area contributed by atoms with E-state index in [0.717, 1.165) is 25.7 Å². The number of unbranched alkanes of at least 4 members (excludes halogenated alkanes) is 2. The Hall–Kier alpha value is -3.62. The van der Waals surface area contributed by atoms with Crippen LogP contribution in [0.2, 0.25) is 0 Å². The third-order valence-corrected chi connectivity index (χ3v) is 6.10.